The van der Waals surface area contributed by atoms with Crippen LogP contribution >= 0.6 is 0 Å². The number of carbonyl (C=O) groups is 2. The molecule has 26 heavy (non-hydrogen) atoms. The zero-order valence-corrected chi connectivity index (χ0v) is 14.5. The molecule has 0 aromatic heterocycles. The number of nitrogens with one attached hydrogen (secondary N) is 1. The van der Waals surface area contributed by atoms with E-state index in [4.69, 9.17) is 16.2 Å². The van der Waals surface area contributed by atoms with E-state index < -0.39 is 5.97 Å². The van der Waals surface area contributed by atoms with E-state index in [0.29, 0.717) is 17.5 Å². The standard InChI is InChI=1S/C21H22N2O3/c22-21(23)15-4-1-13(2-5-15)10-19(24)18-8-7-16-9-14(11-20(25)26)3-6-17(16)12-18/h1-2,4-5,7-8,12,14H,3,6,9-11H2,(H3,22,23)(H,25,26). The number of amidine groups is 1. The van der Waals surface area contributed by atoms with Crippen LogP contribution in [0.15, 0.2) is 42.5 Å². The Kier molecular flexibility index (Phi) is 5.16. The molecule has 2 aromatic carbocycles. The fraction of sp³-hybridized carbons (Fsp3) is 0.286. The Balaban J connectivity index is 1.69. The summed E-state index contributed by atoms with van der Waals surface area (Å²) in [4.78, 5) is 23.5. The highest BCUT2D eigenvalue weighted by Gasteiger charge is 2.21. The van der Waals surface area contributed by atoms with Crippen molar-refractivity contribution < 1.29 is 14.7 Å². The number of fused-ring (bicyclic) bond motifs is 1. The van der Waals surface area contributed by atoms with E-state index in [1.54, 1.807) is 12.1 Å². The number of carbonyl (C=O) groups excluding carboxylic acids is 1. The highest BCUT2D eigenvalue weighted by atomic mass is 16.4. The number of rotatable bonds is 6. The van der Waals surface area contributed by atoms with Crippen molar-refractivity contribution in [2.45, 2.75) is 32.1 Å². The molecule has 4 N–H and O–H groups in total. The van der Waals surface area contributed by atoms with E-state index in [1.165, 1.54) is 0 Å². The van der Waals surface area contributed by atoms with Gasteiger partial charge in [0.25, 0.3) is 0 Å². The molecular formula is C21H22N2O3. The van der Waals surface area contributed by atoms with Gasteiger partial charge in [0.2, 0.25) is 0 Å². The normalized spacial score (nSPS) is 15.9. The largest absolute Gasteiger partial charge is 0.481 e. The minimum Gasteiger partial charge on any atom is -0.481 e. The highest BCUT2D eigenvalue weighted by Crippen LogP contribution is 2.28. The number of nitrogen functional groups attached to an aromatic ring is 1. The quantitative estimate of drug-likeness (QED) is 0.423. The van der Waals surface area contributed by atoms with Crippen molar-refractivity contribution in [3.63, 3.8) is 0 Å². The molecule has 0 heterocycles. The Morgan fingerprint density at radius 1 is 1.08 bits per heavy atom. The SMILES string of the molecule is N=C(N)c1ccc(CC(=O)c2ccc3c(c2)CCC(CC(=O)O)C3)cc1. The van der Waals surface area contributed by atoms with Crippen LogP contribution in [-0.4, -0.2) is 22.7 Å². The van der Waals surface area contributed by atoms with Gasteiger partial charge in [0, 0.05) is 24.0 Å². The molecule has 1 unspecified atom stereocenters. The predicted octanol–water partition coefficient (Wildman–Crippen LogP) is 2.98. The topological polar surface area (TPSA) is 104 Å². The van der Waals surface area contributed by atoms with Gasteiger partial charge in [-0.3, -0.25) is 15.0 Å². The van der Waals surface area contributed by atoms with E-state index in [2.05, 4.69) is 0 Å². The smallest absolute Gasteiger partial charge is 0.303 e. The van der Waals surface area contributed by atoms with Crippen LogP contribution in [-0.2, 0) is 24.1 Å². The minimum atomic E-state index is -0.749. The van der Waals surface area contributed by atoms with Crippen LogP contribution in [0.1, 0.15) is 45.5 Å². The molecule has 1 atom stereocenters. The lowest BCUT2D eigenvalue weighted by Gasteiger charge is -2.23. The monoisotopic (exact) mass is 350 g/mol. The number of nitrogens with two attached hydrogens (primary N) is 1. The maximum atomic E-state index is 12.6. The molecule has 0 aliphatic heterocycles. The Bertz CT molecular complexity index is 856. The van der Waals surface area contributed by atoms with Gasteiger partial charge >= 0.3 is 5.97 Å². The summed E-state index contributed by atoms with van der Waals surface area (Å²) in [5, 5.41) is 16.4. The van der Waals surface area contributed by atoms with Crippen molar-refractivity contribution in [2.75, 3.05) is 0 Å². The first kappa shape index (κ1) is 17.9. The summed E-state index contributed by atoms with van der Waals surface area (Å²) in [6.45, 7) is 0. The van der Waals surface area contributed by atoms with Gasteiger partial charge in [-0.05, 0) is 47.9 Å². The van der Waals surface area contributed by atoms with Gasteiger partial charge < -0.3 is 10.8 Å². The van der Waals surface area contributed by atoms with Gasteiger partial charge in [-0.25, -0.2) is 0 Å². The summed E-state index contributed by atoms with van der Waals surface area (Å²) in [5.74, 6) is -0.503. The number of hydrogen-bond donors (Lipinski definition) is 3. The number of aryl methyl sites for hydroxylation is 1. The van der Waals surface area contributed by atoms with Crippen LogP contribution < -0.4 is 5.73 Å². The molecule has 0 radical (unpaired) electrons. The van der Waals surface area contributed by atoms with E-state index >= 15 is 0 Å². The van der Waals surface area contributed by atoms with Crippen molar-refractivity contribution in [3.05, 3.63) is 70.3 Å². The van der Waals surface area contributed by atoms with Crippen molar-refractivity contribution >= 4 is 17.6 Å². The molecule has 1 aliphatic rings. The highest BCUT2D eigenvalue weighted by molar-refractivity contribution is 5.98. The molecule has 2 aromatic rings. The molecule has 0 amide bonds. The second-order valence-electron chi connectivity index (χ2n) is 6.90. The molecule has 5 nitrogen and oxygen atoms in total. The van der Waals surface area contributed by atoms with E-state index in [0.717, 1.165) is 36.0 Å². The second-order valence-corrected chi connectivity index (χ2v) is 6.90. The predicted molar refractivity (Wildman–Crippen MR) is 99.7 cm³/mol. The third-order valence-electron chi connectivity index (χ3n) is 4.95. The summed E-state index contributed by atoms with van der Waals surface area (Å²) in [5.41, 5.74) is 9.98. The van der Waals surface area contributed by atoms with Gasteiger partial charge in [0.1, 0.15) is 5.84 Å². The van der Waals surface area contributed by atoms with Crippen LogP contribution in [0, 0.1) is 11.3 Å². The summed E-state index contributed by atoms with van der Waals surface area (Å²) in [7, 11) is 0. The lowest BCUT2D eigenvalue weighted by Crippen LogP contribution is -2.18. The molecule has 0 spiro atoms. The van der Waals surface area contributed by atoms with Gasteiger partial charge in [-0.2, -0.15) is 0 Å². The zero-order valence-electron chi connectivity index (χ0n) is 14.5. The minimum absolute atomic E-state index is 0.0127. The van der Waals surface area contributed by atoms with Crippen LogP contribution in [0.4, 0.5) is 0 Å². The number of hydrogen-bond acceptors (Lipinski definition) is 3. The average molecular weight is 350 g/mol. The van der Waals surface area contributed by atoms with Crippen LogP contribution in [0.2, 0.25) is 0 Å². The first-order valence-electron chi connectivity index (χ1n) is 8.72. The Morgan fingerprint density at radius 3 is 2.42 bits per heavy atom. The molecule has 3 rings (SSSR count). The molecule has 0 bridgehead atoms. The molecule has 0 saturated carbocycles. The van der Waals surface area contributed by atoms with Gasteiger partial charge in [0.15, 0.2) is 5.78 Å². The molecule has 0 fully saturated rings. The molecule has 5 heteroatoms. The summed E-state index contributed by atoms with van der Waals surface area (Å²) >= 11 is 0. The first-order valence-corrected chi connectivity index (χ1v) is 8.72. The van der Waals surface area contributed by atoms with Gasteiger partial charge in [-0.1, -0.05) is 36.4 Å². The molecular weight excluding hydrogens is 328 g/mol. The van der Waals surface area contributed by atoms with E-state index in [9.17, 15) is 9.59 Å². The average Bonchev–Trinajstić information content (AvgIpc) is 2.61. The van der Waals surface area contributed by atoms with E-state index in [-0.39, 0.29) is 24.0 Å². The molecule has 1 aliphatic carbocycles. The van der Waals surface area contributed by atoms with Crippen LogP contribution in [0.5, 0.6) is 0 Å². The number of benzene rings is 2. The zero-order chi connectivity index (χ0) is 18.7. The summed E-state index contributed by atoms with van der Waals surface area (Å²) < 4.78 is 0. The fourth-order valence-corrected chi connectivity index (χ4v) is 3.51. The second kappa shape index (κ2) is 7.52. The maximum Gasteiger partial charge on any atom is 0.303 e. The maximum absolute atomic E-state index is 12.6. The molecule has 134 valence electrons. The number of carboxylic acids is 1. The lowest BCUT2D eigenvalue weighted by molar-refractivity contribution is -0.138. The number of carboxylic acid groups (broad SMARTS) is 1. The number of Topliss-reactive ketones (excluding diaryl/α,β-unsaturated/α-hetero) is 1. The van der Waals surface area contributed by atoms with E-state index in [1.807, 2.05) is 30.3 Å². The third-order valence-corrected chi connectivity index (χ3v) is 4.95. The number of ketones is 1. The van der Waals surface area contributed by atoms with Crippen LogP contribution in [0.3, 0.4) is 0 Å². The Hall–Kier alpha value is -2.95. The van der Waals surface area contributed by atoms with Crippen molar-refractivity contribution in [2.24, 2.45) is 11.7 Å². The lowest BCUT2D eigenvalue weighted by atomic mass is 9.81. The summed E-state index contributed by atoms with van der Waals surface area (Å²) in [6.07, 6.45) is 2.95. The third kappa shape index (κ3) is 4.17. The van der Waals surface area contributed by atoms with Gasteiger partial charge in [-0.15, -0.1) is 0 Å². The fourth-order valence-electron chi connectivity index (χ4n) is 3.51. The number of aliphatic carboxylic acids is 1. The van der Waals surface area contributed by atoms with Crippen molar-refractivity contribution in [3.8, 4) is 0 Å². The van der Waals surface area contributed by atoms with Crippen molar-refractivity contribution in [1.82, 2.24) is 0 Å². The van der Waals surface area contributed by atoms with Crippen LogP contribution in [0.25, 0.3) is 0 Å². The first-order chi connectivity index (χ1) is 12.4. The molecule has 0 saturated heterocycles. The Labute approximate surface area is 152 Å². The summed E-state index contributed by atoms with van der Waals surface area (Å²) in [6, 6.07) is 12.9. The van der Waals surface area contributed by atoms with Gasteiger partial charge in [0.05, 0.1) is 0 Å². The van der Waals surface area contributed by atoms with Crippen molar-refractivity contribution in [1.29, 1.82) is 5.41 Å². The Morgan fingerprint density at radius 2 is 1.77 bits per heavy atom.